The van der Waals surface area contributed by atoms with Gasteiger partial charge in [-0.1, -0.05) is 0 Å². The lowest BCUT2D eigenvalue weighted by Crippen LogP contribution is -2.45. The van der Waals surface area contributed by atoms with Gasteiger partial charge in [0, 0.05) is 19.1 Å². The van der Waals surface area contributed by atoms with E-state index in [0.717, 1.165) is 13.1 Å². The van der Waals surface area contributed by atoms with E-state index in [2.05, 4.69) is 29.0 Å². The molecule has 4 N–H and O–H groups in total. The van der Waals surface area contributed by atoms with Crippen molar-refractivity contribution in [3.63, 3.8) is 0 Å². The number of hydrogen-bond donors (Lipinski definition) is 2. The van der Waals surface area contributed by atoms with Crippen LogP contribution in [0.4, 0.5) is 0 Å². The molecule has 1 saturated heterocycles. The average Bonchev–Trinajstić information content (AvgIpc) is 2.50. The summed E-state index contributed by atoms with van der Waals surface area (Å²) in [7, 11) is 4.12. The third-order valence-corrected chi connectivity index (χ3v) is 2.38. The Morgan fingerprint density at radius 1 is 1.62 bits per heavy atom. The van der Waals surface area contributed by atoms with Gasteiger partial charge < -0.3 is 21.4 Å². The molecule has 0 amide bonds. The smallest absolute Gasteiger partial charge is 0.213 e. The van der Waals surface area contributed by atoms with Crippen LogP contribution in [0.5, 0.6) is 0 Å². The molecule has 1 rings (SSSR count). The molecule has 0 aromatic heterocycles. The van der Waals surface area contributed by atoms with Gasteiger partial charge in [0.25, 0.3) is 0 Å². The zero-order valence-electron chi connectivity index (χ0n) is 8.40. The molecule has 0 bridgehead atoms. The Kier molecular flexibility index (Phi) is 3.36. The zero-order chi connectivity index (χ0) is 9.84. The number of nitrogens with zero attached hydrogens (tertiary/aromatic N) is 3. The maximum atomic E-state index is 5.68. The van der Waals surface area contributed by atoms with Crippen molar-refractivity contribution >= 4 is 5.96 Å². The number of likely N-dealkylation sites (N-methyl/N-ethyl adjacent to an activating group) is 1. The molecule has 76 valence electrons. The predicted molar refractivity (Wildman–Crippen MR) is 54.1 cm³/mol. The summed E-state index contributed by atoms with van der Waals surface area (Å²) in [5.41, 5.74) is 5.68. The summed E-state index contributed by atoms with van der Waals surface area (Å²) in [6.45, 7) is 1.99. The Morgan fingerprint density at radius 2 is 2.31 bits per heavy atom. The average molecular weight is 185 g/mol. The molecule has 1 fully saturated rings. The lowest BCUT2D eigenvalue weighted by atomic mass is 10.2. The highest BCUT2D eigenvalue weighted by atomic mass is 15.3. The maximum Gasteiger partial charge on any atom is 0.213 e. The van der Waals surface area contributed by atoms with Crippen LogP contribution in [-0.4, -0.2) is 49.0 Å². The maximum absolute atomic E-state index is 5.68. The van der Waals surface area contributed by atoms with E-state index in [4.69, 9.17) is 11.6 Å². The van der Waals surface area contributed by atoms with E-state index in [1.807, 2.05) is 0 Å². The molecule has 1 aliphatic heterocycles. The van der Waals surface area contributed by atoms with Gasteiger partial charge in [-0.25, -0.2) is 0 Å². The monoisotopic (exact) mass is 185 g/mol. The molecule has 1 atom stereocenters. The molecular weight excluding hydrogens is 166 g/mol. The molecule has 0 radical (unpaired) electrons. The molecule has 5 nitrogen and oxygen atoms in total. The minimum absolute atomic E-state index is 0.462. The SMILES string of the molecule is CN(C)CC1CCCN1/C(N)=N/N. The molecular formula is C8H19N5. The fraction of sp³-hybridized carbons (Fsp3) is 0.875. The first kappa shape index (κ1) is 10.1. The molecule has 0 spiro atoms. The fourth-order valence-electron chi connectivity index (χ4n) is 1.82. The van der Waals surface area contributed by atoms with Crippen molar-refractivity contribution in [3.05, 3.63) is 0 Å². The van der Waals surface area contributed by atoms with E-state index in [1.165, 1.54) is 12.8 Å². The first-order valence-corrected chi connectivity index (χ1v) is 4.60. The standard InChI is InChI=1S/C8H19N5/c1-12(2)6-7-4-3-5-13(7)8(9)11-10/h7H,3-6,10H2,1-2H3,(H2,9,11). The first-order valence-electron chi connectivity index (χ1n) is 4.60. The second-order valence-electron chi connectivity index (χ2n) is 3.74. The fourth-order valence-corrected chi connectivity index (χ4v) is 1.82. The van der Waals surface area contributed by atoms with Gasteiger partial charge in [0.1, 0.15) is 0 Å². The van der Waals surface area contributed by atoms with Crippen molar-refractivity contribution in [3.8, 4) is 0 Å². The van der Waals surface area contributed by atoms with E-state index in [0.29, 0.717) is 12.0 Å². The van der Waals surface area contributed by atoms with Crippen LogP contribution < -0.4 is 11.6 Å². The van der Waals surface area contributed by atoms with E-state index in [1.54, 1.807) is 0 Å². The van der Waals surface area contributed by atoms with E-state index in [9.17, 15) is 0 Å². The van der Waals surface area contributed by atoms with Crippen LogP contribution in [0.2, 0.25) is 0 Å². The van der Waals surface area contributed by atoms with E-state index >= 15 is 0 Å². The number of likely N-dealkylation sites (tertiary alicyclic amines) is 1. The number of hydrogen-bond acceptors (Lipinski definition) is 3. The number of nitrogens with two attached hydrogens (primary N) is 2. The van der Waals surface area contributed by atoms with E-state index < -0.39 is 0 Å². The molecule has 0 aromatic rings. The van der Waals surface area contributed by atoms with Gasteiger partial charge in [-0.3, -0.25) is 0 Å². The molecule has 1 aliphatic rings. The van der Waals surface area contributed by atoms with Gasteiger partial charge in [0.2, 0.25) is 5.96 Å². The zero-order valence-corrected chi connectivity index (χ0v) is 8.40. The minimum Gasteiger partial charge on any atom is -0.368 e. The second kappa shape index (κ2) is 4.32. The molecule has 0 aromatic carbocycles. The summed E-state index contributed by atoms with van der Waals surface area (Å²) in [6.07, 6.45) is 2.35. The summed E-state index contributed by atoms with van der Waals surface area (Å²) >= 11 is 0. The summed E-state index contributed by atoms with van der Waals surface area (Å²) in [4.78, 5) is 4.24. The quantitative estimate of drug-likeness (QED) is 0.256. The Hall–Kier alpha value is -0.970. The Balaban J connectivity index is 2.53. The first-order chi connectivity index (χ1) is 6.15. The van der Waals surface area contributed by atoms with E-state index in [-0.39, 0.29) is 0 Å². The molecule has 1 unspecified atom stereocenters. The van der Waals surface area contributed by atoms with Crippen LogP contribution in [0.3, 0.4) is 0 Å². The summed E-state index contributed by atoms with van der Waals surface area (Å²) in [6, 6.07) is 0.474. The molecule has 13 heavy (non-hydrogen) atoms. The van der Waals surface area contributed by atoms with Crippen molar-refractivity contribution in [2.45, 2.75) is 18.9 Å². The van der Waals surface area contributed by atoms with Gasteiger partial charge in [0.15, 0.2) is 0 Å². The van der Waals surface area contributed by atoms with Crippen molar-refractivity contribution in [2.75, 3.05) is 27.2 Å². The summed E-state index contributed by atoms with van der Waals surface area (Å²) < 4.78 is 0. The van der Waals surface area contributed by atoms with Crippen LogP contribution >= 0.6 is 0 Å². The number of guanidine groups is 1. The number of hydrazone groups is 1. The van der Waals surface area contributed by atoms with Crippen molar-refractivity contribution in [1.29, 1.82) is 0 Å². The topological polar surface area (TPSA) is 70.9 Å². The van der Waals surface area contributed by atoms with Crippen LogP contribution in [-0.2, 0) is 0 Å². The molecule has 1 heterocycles. The van der Waals surface area contributed by atoms with Crippen LogP contribution in [0.15, 0.2) is 5.10 Å². The summed E-state index contributed by atoms with van der Waals surface area (Å²) in [5.74, 6) is 5.61. The Labute approximate surface area is 79.4 Å². The molecule has 0 aliphatic carbocycles. The van der Waals surface area contributed by atoms with Gasteiger partial charge in [-0.2, -0.15) is 0 Å². The van der Waals surface area contributed by atoms with Crippen molar-refractivity contribution in [1.82, 2.24) is 9.80 Å². The third kappa shape index (κ3) is 2.48. The highest BCUT2D eigenvalue weighted by Gasteiger charge is 2.26. The van der Waals surface area contributed by atoms with Crippen LogP contribution in [0, 0.1) is 0 Å². The van der Waals surface area contributed by atoms with Crippen molar-refractivity contribution in [2.24, 2.45) is 16.7 Å². The van der Waals surface area contributed by atoms with Crippen molar-refractivity contribution < 1.29 is 0 Å². The van der Waals surface area contributed by atoms with Gasteiger partial charge in [-0.15, -0.1) is 5.10 Å². The predicted octanol–water partition coefficient (Wildman–Crippen LogP) is -0.799. The van der Waals surface area contributed by atoms with Gasteiger partial charge >= 0.3 is 0 Å². The largest absolute Gasteiger partial charge is 0.368 e. The van der Waals surface area contributed by atoms with Crippen LogP contribution in [0.25, 0.3) is 0 Å². The molecule has 5 heteroatoms. The third-order valence-electron chi connectivity index (χ3n) is 2.38. The number of rotatable bonds is 2. The van der Waals surface area contributed by atoms with Crippen LogP contribution in [0.1, 0.15) is 12.8 Å². The summed E-state index contributed by atoms with van der Waals surface area (Å²) in [5, 5.41) is 3.53. The van der Waals surface area contributed by atoms with Gasteiger partial charge in [0.05, 0.1) is 0 Å². The lowest BCUT2D eigenvalue weighted by Gasteiger charge is -2.27. The molecule has 0 saturated carbocycles. The highest BCUT2D eigenvalue weighted by Crippen LogP contribution is 2.16. The highest BCUT2D eigenvalue weighted by molar-refractivity contribution is 5.78. The van der Waals surface area contributed by atoms with Gasteiger partial charge in [-0.05, 0) is 26.9 Å². The normalized spacial score (nSPS) is 24.4. The Bertz CT molecular complexity index is 189. The minimum atomic E-state index is 0.462. The Morgan fingerprint density at radius 3 is 2.85 bits per heavy atom. The lowest BCUT2D eigenvalue weighted by molar-refractivity contribution is 0.283. The second-order valence-corrected chi connectivity index (χ2v) is 3.74.